The van der Waals surface area contributed by atoms with E-state index in [2.05, 4.69) is 29.4 Å². The smallest absolute Gasteiger partial charge is 0.318 e. The molecule has 1 aromatic rings. The van der Waals surface area contributed by atoms with Gasteiger partial charge in [-0.05, 0) is 19.4 Å². The number of aromatic nitrogens is 2. The highest BCUT2D eigenvalue weighted by Crippen LogP contribution is 2.12. The Bertz CT molecular complexity index is 417. The van der Waals surface area contributed by atoms with Crippen LogP contribution < -0.4 is 10.2 Å². The molecule has 0 radical (unpaired) electrons. The maximum atomic E-state index is 11.7. The van der Waals surface area contributed by atoms with Gasteiger partial charge in [-0.3, -0.25) is 4.79 Å². The number of likely N-dealkylation sites (N-methyl/N-ethyl adjacent to an activating group) is 2. The molecule has 0 saturated heterocycles. The summed E-state index contributed by atoms with van der Waals surface area (Å²) in [6.07, 6.45) is 0. The molecule has 0 unspecified atom stereocenters. The monoisotopic (exact) mass is 283 g/mol. The second-order valence-electron chi connectivity index (χ2n) is 5.31. The van der Waals surface area contributed by atoms with E-state index < -0.39 is 0 Å². The van der Waals surface area contributed by atoms with E-state index in [-0.39, 0.29) is 12.5 Å². The highest BCUT2D eigenvalue weighted by Gasteiger charge is 2.17. The Morgan fingerprint density at radius 3 is 2.60 bits per heavy atom. The molecule has 7 heteroatoms. The highest BCUT2D eigenvalue weighted by molar-refractivity contribution is 5.80. The summed E-state index contributed by atoms with van der Waals surface area (Å²) in [6.45, 7) is 8.55. The number of carbonyl (C=O) groups excluding carboxylic acids is 1. The summed E-state index contributed by atoms with van der Waals surface area (Å²) in [6, 6.07) is 0.393. The van der Waals surface area contributed by atoms with E-state index in [1.165, 1.54) is 0 Å². The molecule has 0 aliphatic carbocycles. The molecule has 1 heterocycles. The second-order valence-corrected chi connectivity index (χ2v) is 5.31. The van der Waals surface area contributed by atoms with Crippen LogP contribution in [0.1, 0.15) is 26.7 Å². The number of rotatable bonds is 8. The molecule has 0 spiro atoms. The average molecular weight is 283 g/mol. The molecule has 0 atom stereocenters. The van der Waals surface area contributed by atoms with Crippen molar-refractivity contribution in [2.45, 2.75) is 27.3 Å². The van der Waals surface area contributed by atoms with Crippen molar-refractivity contribution >= 4 is 11.9 Å². The van der Waals surface area contributed by atoms with Crippen molar-refractivity contribution in [1.82, 2.24) is 20.4 Å². The predicted octanol–water partition coefficient (Wildman–Crippen LogP) is 0.730. The van der Waals surface area contributed by atoms with Gasteiger partial charge in [-0.1, -0.05) is 18.9 Å². The first-order valence-corrected chi connectivity index (χ1v) is 6.92. The van der Waals surface area contributed by atoms with E-state index in [9.17, 15) is 4.79 Å². The Morgan fingerprint density at radius 2 is 2.05 bits per heavy atom. The number of hydrogen-bond acceptors (Lipinski definition) is 6. The molecule has 0 fully saturated rings. The van der Waals surface area contributed by atoms with Crippen molar-refractivity contribution in [3.63, 3.8) is 0 Å². The molecule has 1 N–H and O–H groups in total. The van der Waals surface area contributed by atoms with E-state index in [1.54, 1.807) is 23.9 Å². The lowest BCUT2D eigenvalue weighted by Crippen LogP contribution is -2.36. The molecule has 0 bridgehead atoms. The van der Waals surface area contributed by atoms with Crippen molar-refractivity contribution in [2.75, 3.05) is 38.6 Å². The van der Waals surface area contributed by atoms with Crippen LogP contribution in [-0.4, -0.2) is 54.7 Å². The first-order chi connectivity index (χ1) is 9.43. The average Bonchev–Trinajstić information content (AvgIpc) is 2.83. The fourth-order valence-electron chi connectivity index (χ4n) is 1.53. The van der Waals surface area contributed by atoms with Crippen LogP contribution in [0.15, 0.2) is 4.42 Å². The van der Waals surface area contributed by atoms with Crippen LogP contribution in [0.25, 0.3) is 0 Å². The third-order valence-electron chi connectivity index (χ3n) is 2.76. The summed E-state index contributed by atoms with van der Waals surface area (Å²) < 4.78 is 5.57. The number of carbonyl (C=O) groups is 1. The molecule has 1 rings (SSSR count). The molecule has 0 aliphatic heterocycles. The Labute approximate surface area is 120 Å². The first kappa shape index (κ1) is 16.4. The third-order valence-corrected chi connectivity index (χ3v) is 2.76. The minimum absolute atomic E-state index is 0.00420. The van der Waals surface area contributed by atoms with Crippen LogP contribution in [0, 0.1) is 5.92 Å². The van der Waals surface area contributed by atoms with Gasteiger partial charge < -0.3 is 19.5 Å². The number of hydrogen-bond donors (Lipinski definition) is 1. The zero-order valence-corrected chi connectivity index (χ0v) is 13.0. The van der Waals surface area contributed by atoms with E-state index in [0.717, 1.165) is 6.54 Å². The van der Waals surface area contributed by atoms with Gasteiger partial charge in [0.05, 0.1) is 6.54 Å². The van der Waals surface area contributed by atoms with Gasteiger partial charge in [-0.2, -0.15) is 0 Å². The fraction of sp³-hybridized carbons (Fsp3) is 0.769. The van der Waals surface area contributed by atoms with Gasteiger partial charge in [-0.25, -0.2) is 0 Å². The number of nitrogens with one attached hydrogen (secondary N) is 1. The Balaban J connectivity index is 2.56. The van der Waals surface area contributed by atoms with E-state index in [4.69, 9.17) is 4.42 Å². The molecule has 1 aromatic heterocycles. The van der Waals surface area contributed by atoms with Gasteiger partial charge in [0.15, 0.2) is 0 Å². The summed E-state index contributed by atoms with van der Waals surface area (Å²) in [7, 11) is 3.45. The molecule has 0 aromatic carbocycles. The summed E-state index contributed by atoms with van der Waals surface area (Å²) in [5, 5.41) is 11.2. The standard InChI is InChI=1S/C13H25N5O2/c1-6-18(9-12(19)17(4)5)13-16-15-11(20-13)8-14-7-10(2)3/h10,14H,6-9H2,1-5H3. The molecular weight excluding hydrogens is 258 g/mol. The van der Waals surface area contributed by atoms with Crippen molar-refractivity contribution in [3.8, 4) is 0 Å². The largest absolute Gasteiger partial charge is 0.407 e. The zero-order chi connectivity index (χ0) is 15.1. The van der Waals surface area contributed by atoms with Crippen LogP contribution in [0.5, 0.6) is 0 Å². The van der Waals surface area contributed by atoms with E-state index >= 15 is 0 Å². The summed E-state index contributed by atoms with van der Waals surface area (Å²) in [4.78, 5) is 15.0. The van der Waals surface area contributed by atoms with Crippen molar-refractivity contribution in [2.24, 2.45) is 5.92 Å². The lowest BCUT2D eigenvalue weighted by molar-refractivity contribution is -0.127. The topological polar surface area (TPSA) is 74.5 Å². The minimum atomic E-state index is 0.00420. The second kappa shape index (κ2) is 7.84. The molecule has 20 heavy (non-hydrogen) atoms. The van der Waals surface area contributed by atoms with Gasteiger partial charge in [0, 0.05) is 20.6 Å². The summed E-state index contributed by atoms with van der Waals surface area (Å²) in [5.74, 6) is 1.11. The maximum Gasteiger partial charge on any atom is 0.318 e. The normalized spacial score (nSPS) is 10.9. The van der Waals surface area contributed by atoms with Gasteiger partial charge >= 0.3 is 6.01 Å². The highest BCUT2D eigenvalue weighted by atomic mass is 16.4. The molecule has 0 aliphatic rings. The first-order valence-electron chi connectivity index (χ1n) is 6.92. The summed E-state index contributed by atoms with van der Waals surface area (Å²) in [5.41, 5.74) is 0. The molecule has 0 saturated carbocycles. The van der Waals surface area contributed by atoms with Crippen LogP contribution >= 0.6 is 0 Å². The Morgan fingerprint density at radius 1 is 1.35 bits per heavy atom. The van der Waals surface area contributed by atoms with E-state index in [0.29, 0.717) is 30.9 Å². The molecular formula is C13H25N5O2. The van der Waals surface area contributed by atoms with Gasteiger partial charge in [0.25, 0.3) is 0 Å². The van der Waals surface area contributed by atoms with Crippen molar-refractivity contribution < 1.29 is 9.21 Å². The van der Waals surface area contributed by atoms with E-state index in [1.807, 2.05) is 6.92 Å². The number of amides is 1. The molecule has 1 amide bonds. The van der Waals surface area contributed by atoms with Gasteiger partial charge in [0.1, 0.15) is 6.54 Å². The van der Waals surface area contributed by atoms with Crippen LogP contribution in [0.4, 0.5) is 6.01 Å². The van der Waals surface area contributed by atoms with Crippen LogP contribution in [-0.2, 0) is 11.3 Å². The number of anilines is 1. The zero-order valence-electron chi connectivity index (χ0n) is 13.0. The quantitative estimate of drug-likeness (QED) is 0.758. The van der Waals surface area contributed by atoms with Gasteiger partial charge in [0.2, 0.25) is 11.8 Å². The van der Waals surface area contributed by atoms with Crippen molar-refractivity contribution in [3.05, 3.63) is 5.89 Å². The lowest BCUT2D eigenvalue weighted by atomic mass is 10.2. The Kier molecular flexibility index (Phi) is 6.44. The van der Waals surface area contributed by atoms with Crippen LogP contribution in [0.2, 0.25) is 0 Å². The van der Waals surface area contributed by atoms with Gasteiger partial charge in [-0.15, -0.1) is 5.10 Å². The predicted molar refractivity (Wildman–Crippen MR) is 77.4 cm³/mol. The minimum Gasteiger partial charge on any atom is -0.407 e. The summed E-state index contributed by atoms with van der Waals surface area (Å²) >= 11 is 0. The third kappa shape index (κ3) is 5.16. The van der Waals surface area contributed by atoms with Crippen LogP contribution in [0.3, 0.4) is 0 Å². The Hall–Kier alpha value is -1.63. The maximum absolute atomic E-state index is 11.7. The SMILES string of the molecule is CCN(CC(=O)N(C)C)c1nnc(CNCC(C)C)o1. The number of nitrogens with zero attached hydrogens (tertiary/aromatic N) is 4. The lowest BCUT2D eigenvalue weighted by Gasteiger charge is -2.19. The van der Waals surface area contributed by atoms with Crippen molar-refractivity contribution in [1.29, 1.82) is 0 Å². The molecule has 114 valence electrons. The molecule has 7 nitrogen and oxygen atoms in total. The fourth-order valence-corrected chi connectivity index (χ4v) is 1.53.